The van der Waals surface area contributed by atoms with E-state index in [1.54, 1.807) is 4.90 Å². The minimum absolute atomic E-state index is 0.151. The lowest BCUT2D eigenvalue weighted by atomic mass is 9.89. The highest BCUT2D eigenvalue weighted by atomic mass is 31.2. The zero-order chi connectivity index (χ0) is 21.2. The molecule has 0 aromatic rings. The highest BCUT2D eigenvalue weighted by molar-refractivity contribution is 7.51. The number of fused-ring (bicyclic) bond motifs is 2. The average Bonchev–Trinajstić information content (AvgIpc) is 2.81. The summed E-state index contributed by atoms with van der Waals surface area (Å²) in [5, 5.41) is 2.59. The number of rotatable bonds is 6. The maximum Gasteiger partial charge on any atom is 0.325 e. The lowest BCUT2D eigenvalue weighted by Gasteiger charge is -2.47. The first-order valence-electron chi connectivity index (χ1n) is 9.25. The van der Waals surface area contributed by atoms with Crippen LogP contribution in [0.25, 0.3) is 0 Å². The van der Waals surface area contributed by atoms with Crippen LogP contribution in [-0.4, -0.2) is 86.5 Å². The Kier molecular flexibility index (Phi) is 6.87. The van der Waals surface area contributed by atoms with Gasteiger partial charge in [0.25, 0.3) is 0 Å². The highest BCUT2D eigenvalue weighted by Gasteiger charge is 2.49. The Bertz CT molecular complexity index is 750. The number of carbonyl (C=O) groups excluding carboxylic acids is 1. The van der Waals surface area contributed by atoms with Gasteiger partial charge in [-0.3, -0.25) is 19.3 Å². The van der Waals surface area contributed by atoms with Crippen LogP contribution < -0.4 is 5.32 Å². The highest BCUT2D eigenvalue weighted by Crippen LogP contribution is 2.44. The average molecular weight is 430 g/mol. The van der Waals surface area contributed by atoms with E-state index in [0.29, 0.717) is 12.2 Å². The fourth-order valence-electron chi connectivity index (χ4n) is 3.71. The molecule has 0 saturated carbocycles. The summed E-state index contributed by atoms with van der Waals surface area (Å²) in [7, 11) is -0.724. The van der Waals surface area contributed by atoms with Crippen LogP contribution in [0, 0.1) is 5.92 Å². The van der Waals surface area contributed by atoms with Crippen molar-refractivity contribution in [3.63, 3.8) is 0 Å². The molecule has 3 heterocycles. The van der Waals surface area contributed by atoms with E-state index in [0.717, 1.165) is 6.66 Å². The molecule has 1 amide bonds. The molecule has 162 valence electrons. The molecular weight excluding hydrogens is 403 g/mol. The molecule has 0 aliphatic carbocycles. The number of nitrogens with zero attached hydrogens (tertiary/aromatic N) is 3. The summed E-state index contributed by atoms with van der Waals surface area (Å²) in [5.41, 5.74) is 0. The van der Waals surface area contributed by atoms with Crippen LogP contribution in [0.15, 0.2) is 21.9 Å². The summed E-state index contributed by atoms with van der Waals surface area (Å²) in [6.07, 6.45) is 2.52. The van der Waals surface area contributed by atoms with Gasteiger partial charge in [-0.05, 0) is 6.08 Å². The summed E-state index contributed by atoms with van der Waals surface area (Å²) in [6, 6.07) is -0.560. The van der Waals surface area contributed by atoms with Gasteiger partial charge in [0.1, 0.15) is 30.2 Å². The second-order valence-electron chi connectivity index (χ2n) is 7.21. The largest absolute Gasteiger partial charge is 0.382 e. The Morgan fingerprint density at radius 3 is 2.83 bits per heavy atom. The summed E-state index contributed by atoms with van der Waals surface area (Å²) in [6.45, 7) is 3.15. The third-order valence-corrected chi connectivity index (χ3v) is 5.69. The summed E-state index contributed by atoms with van der Waals surface area (Å²) in [4.78, 5) is 32.2. The summed E-state index contributed by atoms with van der Waals surface area (Å²) < 4.78 is 34.5. The Labute approximate surface area is 169 Å². The van der Waals surface area contributed by atoms with Gasteiger partial charge in [-0.15, -0.1) is 0 Å². The van der Waals surface area contributed by atoms with E-state index in [9.17, 15) is 14.3 Å². The van der Waals surface area contributed by atoms with Crippen molar-refractivity contribution in [2.75, 3.05) is 27.5 Å². The third kappa shape index (κ3) is 4.93. The van der Waals surface area contributed by atoms with E-state index in [2.05, 4.69) is 15.3 Å². The molecule has 29 heavy (non-hydrogen) atoms. The van der Waals surface area contributed by atoms with Crippen molar-refractivity contribution >= 4 is 26.2 Å². The normalized spacial score (nSPS) is 36.7. The first-order chi connectivity index (χ1) is 13.7. The number of methoxy groups -OCH3 is 2. The number of nitrogens with one attached hydrogen (secondary N) is 1. The fourth-order valence-corrected chi connectivity index (χ4v) is 4.48. The van der Waals surface area contributed by atoms with Crippen molar-refractivity contribution in [2.24, 2.45) is 15.9 Å². The number of hydrogen-bond donors (Lipinski definition) is 2. The van der Waals surface area contributed by atoms with Gasteiger partial charge in [0.15, 0.2) is 6.23 Å². The molecule has 11 nitrogen and oxygen atoms in total. The lowest BCUT2D eigenvalue weighted by molar-refractivity contribution is -0.234. The van der Waals surface area contributed by atoms with Gasteiger partial charge >= 0.3 is 7.60 Å². The molecule has 2 bridgehead atoms. The predicted octanol–water partition coefficient (Wildman–Crippen LogP) is 0.311. The molecule has 0 aromatic heterocycles. The Morgan fingerprint density at radius 1 is 1.41 bits per heavy atom. The molecule has 2 N–H and O–H groups in total. The van der Waals surface area contributed by atoms with Gasteiger partial charge in [0.2, 0.25) is 5.91 Å². The maximum absolute atomic E-state index is 12.0. The first kappa shape index (κ1) is 22.1. The van der Waals surface area contributed by atoms with E-state index in [-0.39, 0.29) is 18.4 Å². The molecule has 3 aliphatic rings. The van der Waals surface area contributed by atoms with Crippen LogP contribution in [0.5, 0.6) is 0 Å². The molecule has 12 heteroatoms. The molecular formula is C17H27N4O7P. The predicted molar refractivity (Wildman–Crippen MR) is 105 cm³/mol. The third-order valence-electron chi connectivity index (χ3n) is 5.06. The molecule has 3 rings (SSSR count). The number of carbonyl (C=O) groups is 1. The minimum atomic E-state index is -3.77. The van der Waals surface area contributed by atoms with E-state index in [1.807, 2.05) is 13.0 Å². The summed E-state index contributed by atoms with van der Waals surface area (Å²) >= 11 is 0. The quantitative estimate of drug-likeness (QED) is 0.576. The molecule has 1 fully saturated rings. The van der Waals surface area contributed by atoms with Gasteiger partial charge < -0.3 is 28.9 Å². The van der Waals surface area contributed by atoms with Crippen molar-refractivity contribution < 1.29 is 33.0 Å². The van der Waals surface area contributed by atoms with Crippen LogP contribution in [0.3, 0.4) is 0 Å². The number of amides is 1. The standard InChI is InChI=1S/C17H27N4O7P/c1-10-14(28-29(4,23)24)12(7-25-2)27-17(15(10)26-3)21-9-20-11-5-6-13(21)18-8-19-16(11)22/h6,8-12,14-15,17H,5,7H2,1-4H3,(H,23,24)(H,18,19,22). The number of aliphatic imine (C=N–C) groups is 2. The molecule has 3 aliphatic heterocycles. The van der Waals surface area contributed by atoms with Crippen LogP contribution in [0.2, 0.25) is 0 Å². The molecule has 0 aromatic carbocycles. The van der Waals surface area contributed by atoms with Crippen molar-refractivity contribution in [3.05, 3.63) is 11.9 Å². The van der Waals surface area contributed by atoms with Gasteiger partial charge in [-0.25, -0.2) is 4.99 Å². The monoisotopic (exact) mass is 430 g/mol. The van der Waals surface area contributed by atoms with Crippen molar-refractivity contribution in [1.82, 2.24) is 10.2 Å². The maximum atomic E-state index is 12.0. The van der Waals surface area contributed by atoms with E-state index in [4.69, 9.17) is 18.7 Å². The number of ether oxygens (including phenoxy) is 3. The Morgan fingerprint density at radius 2 is 2.17 bits per heavy atom. The smallest absolute Gasteiger partial charge is 0.325 e. The van der Waals surface area contributed by atoms with Gasteiger partial charge in [-0.2, -0.15) is 0 Å². The van der Waals surface area contributed by atoms with E-state index >= 15 is 0 Å². The second-order valence-corrected chi connectivity index (χ2v) is 9.02. The fraction of sp³-hybridized carbons (Fsp3) is 0.706. The van der Waals surface area contributed by atoms with Crippen molar-refractivity contribution in [2.45, 2.75) is 43.9 Å². The minimum Gasteiger partial charge on any atom is -0.382 e. The van der Waals surface area contributed by atoms with Gasteiger partial charge in [-0.1, -0.05) is 6.92 Å². The van der Waals surface area contributed by atoms with E-state index in [1.165, 1.54) is 26.9 Å². The zero-order valence-electron chi connectivity index (χ0n) is 16.8. The Hall–Kier alpha value is -1.62. The number of hydrogen-bond acceptors (Lipinski definition) is 9. The van der Waals surface area contributed by atoms with Crippen molar-refractivity contribution in [1.29, 1.82) is 0 Å². The van der Waals surface area contributed by atoms with Crippen molar-refractivity contribution in [3.8, 4) is 0 Å². The van der Waals surface area contributed by atoms with Crippen LogP contribution in [-0.2, 0) is 28.1 Å². The van der Waals surface area contributed by atoms with Gasteiger partial charge in [0, 0.05) is 33.2 Å². The molecule has 7 unspecified atom stereocenters. The van der Waals surface area contributed by atoms with Crippen LogP contribution >= 0.6 is 7.60 Å². The second kappa shape index (κ2) is 9.03. The molecule has 0 spiro atoms. The van der Waals surface area contributed by atoms with Gasteiger partial charge in [0.05, 0.1) is 19.3 Å². The zero-order valence-corrected chi connectivity index (χ0v) is 17.7. The lowest BCUT2D eigenvalue weighted by Crippen LogP contribution is -2.60. The first-order valence-corrected chi connectivity index (χ1v) is 11.3. The van der Waals surface area contributed by atoms with Crippen LogP contribution in [0.4, 0.5) is 0 Å². The van der Waals surface area contributed by atoms with E-state index < -0.39 is 38.2 Å². The molecule has 1 saturated heterocycles. The van der Waals surface area contributed by atoms with Crippen LogP contribution in [0.1, 0.15) is 13.3 Å². The topological polar surface area (TPSA) is 131 Å². The molecule has 0 radical (unpaired) electrons. The SMILES string of the molecule is COCC1OC(N2C=NC3CC=C2N=CNC3=O)C(OC)C(C)C1OP(C)(=O)O. The Balaban J connectivity index is 1.94. The summed E-state index contributed by atoms with van der Waals surface area (Å²) in [5.74, 6) is -0.00742. The molecule has 7 atom stereocenters.